The zero-order chi connectivity index (χ0) is 5.15. The van der Waals surface area contributed by atoms with Gasteiger partial charge in [0.2, 0.25) is 0 Å². The summed E-state index contributed by atoms with van der Waals surface area (Å²) in [5, 5.41) is 0. The SMILES string of the molecule is CC(F)C(F)F.Cl.N. The molecule has 0 saturated carbocycles. The van der Waals surface area contributed by atoms with E-state index in [0.717, 1.165) is 6.92 Å². The summed E-state index contributed by atoms with van der Waals surface area (Å²) in [7, 11) is 0. The largest absolute Gasteiger partial charge is 0.344 e. The molecule has 0 heterocycles. The smallest absolute Gasteiger partial charge is 0.269 e. The summed E-state index contributed by atoms with van der Waals surface area (Å²) in [6.07, 6.45) is -4.80. The first-order chi connectivity index (χ1) is 2.64. The normalized spacial score (nSPS) is 11.6. The highest BCUT2D eigenvalue weighted by atomic mass is 35.5. The Morgan fingerprint density at radius 3 is 1.25 bits per heavy atom. The minimum atomic E-state index is -2.81. The maximum absolute atomic E-state index is 11.1. The minimum Gasteiger partial charge on any atom is -0.344 e. The topological polar surface area (TPSA) is 35.0 Å². The van der Waals surface area contributed by atoms with Crippen molar-refractivity contribution >= 4 is 12.4 Å². The van der Waals surface area contributed by atoms with Crippen LogP contribution in [0.15, 0.2) is 0 Å². The third-order valence-electron chi connectivity index (χ3n) is 0.347. The van der Waals surface area contributed by atoms with E-state index in [1.54, 1.807) is 0 Å². The molecule has 0 spiro atoms. The van der Waals surface area contributed by atoms with Gasteiger partial charge >= 0.3 is 0 Å². The van der Waals surface area contributed by atoms with Gasteiger partial charge in [-0.15, -0.1) is 12.4 Å². The lowest BCUT2D eigenvalue weighted by Crippen LogP contribution is -2.04. The summed E-state index contributed by atoms with van der Waals surface area (Å²) in [5.41, 5.74) is 0. The van der Waals surface area contributed by atoms with Crippen molar-refractivity contribution in [1.29, 1.82) is 0 Å². The van der Waals surface area contributed by atoms with Crippen molar-refractivity contribution in [2.24, 2.45) is 0 Å². The standard InChI is InChI=1S/C3H5F3.ClH.H3N/c1-2(4)3(5)6;;/h2-3H,1H3;1H;1H3. The van der Waals surface area contributed by atoms with E-state index < -0.39 is 12.6 Å². The Hall–Kier alpha value is 0.0400. The molecule has 0 aliphatic rings. The molecule has 0 amide bonds. The molecule has 0 aromatic rings. The van der Waals surface area contributed by atoms with Crippen LogP contribution in [0.1, 0.15) is 6.92 Å². The maximum Gasteiger partial charge on any atom is 0.269 e. The second-order valence-electron chi connectivity index (χ2n) is 1.01. The Morgan fingerprint density at radius 2 is 1.25 bits per heavy atom. The zero-order valence-electron chi connectivity index (χ0n) is 4.40. The lowest BCUT2D eigenvalue weighted by atomic mass is 10.5. The summed E-state index contributed by atoms with van der Waals surface area (Å²) in [6, 6.07) is 0. The van der Waals surface area contributed by atoms with Gasteiger partial charge in [-0.1, -0.05) is 0 Å². The van der Waals surface area contributed by atoms with Crippen LogP contribution in [0.25, 0.3) is 0 Å². The molecule has 0 bridgehead atoms. The van der Waals surface area contributed by atoms with Gasteiger partial charge in [0.1, 0.15) is 0 Å². The Morgan fingerprint density at radius 1 is 1.12 bits per heavy atom. The minimum absolute atomic E-state index is 0. The van der Waals surface area contributed by atoms with Crippen molar-refractivity contribution in [3.05, 3.63) is 0 Å². The summed E-state index contributed by atoms with van der Waals surface area (Å²) < 4.78 is 32.6. The third-order valence-corrected chi connectivity index (χ3v) is 0.347. The van der Waals surface area contributed by atoms with E-state index in [2.05, 4.69) is 0 Å². The summed E-state index contributed by atoms with van der Waals surface area (Å²) in [6.45, 7) is 0.824. The summed E-state index contributed by atoms with van der Waals surface area (Å²) in [4.78, 5) is 0. The van der Waals surface area contributed by atoms with Crippen LogP contribution < -0.4 is 6.15 Å². The van der Waals surface area contributed by atoms with Crippen molar-refractivity contribution in [1.82, 2.24) is 6.15 Å². The van der Waals surface area contributed by atoms with Crippen molar-refractivity contribution < 1.29 is 13.2 Å². The first-order valence-electron chi connectivity index (χ1n) is 1.57. The number of alkyl halides is 3. The van der Waals surface area contributed by atoms with Gasteiger partial charge in [0.15, 0.2) is 6.17 Å². The van der Waals surface area contributed by atoms with E-state index in [1.165, 1.54) is 0 Å². The van der Waals surface area contributed by atoms with Gasteiger partial charge in [0, 0.05) is 0 Å². The van der Waals surface area contributed by atoms with Gasteiger partial charge in [-0.2, -0.15) is 0 Å². The van der Waals surface area contributed by atoms with E-state index in [4.69, 9.17) is 0 Å². The molecule has 1 unspecified atom stereocenters. The molecular formula is C3H9ClF3N. The molecular weight excluding hydrogens is 142 g/mol. The van der Waals surface area contributed by atoms with Crippen molar-refractivity contribution in [3.8, 4) is 0 Å². The molecule has 0 rings (SSSR count). The quantitative estimate of drug-likeness (QED) is 0.613. The number of hydrogen-bond donors (Lipinski definition) is 1. The first kappa shape index (κ1) is 15.7. The monoisotopic (exact) mass is 151 g/mol. The molecule has 1 nitrogen and oxygen atoms in total. The molecule has 0 aliphatic carbocycles. The molecule has 8 heavy (non-hydrogen) atoms. The van der Waals surface area contributed by atoms with Crippen LogP contribution in [-0.2, 0) is 0 Å². The second-order valence-corrected chi connectivity index (χ2v) is 1.01. The molecule has 5 heteroatoms. The van der Waals surface area contributed by atoms with Gasteiger partial charge in [-0.3, -0.25) is 0 Å². The Bertz CT molecular complexity index is 35.5. The van der Waals surface area contributed by atoms with Crippen LogP contribution in [0, 0.1) is 0 Å². The number of rotatable bonds is 1. The maximum atomic E-state index is 11.1. The average molecular weight is 152 g/mol. The van der Waals surface area contributed by atoms with Crippen LogP contribution in [0.5, 0.6) is 0 Å². The summed E-state index contributed by atoms with van der Waals surface area (Å²) in [5.74, 6) is 0. The Labute approximate surface area is 52.3 Å². The van der Waals surface area contributed by atoms with Crippen molar-refractivity contribution in [2.45, 2.75) is 19.5 Å². The molecule has 0 aromatic carbocycles. The van der Waals surface area contributed by atoms with Crippen molar-refractivity contribution in [3.63, 3.8) is 0 Å². The van der Waals surface area contributed by atoms with Crippen LogP contribution in [0.2, 0.25) is 0 Å². The lowest BCUT2D eigenvalue weighted by molar-refractivity contribution is 0.0603. The Kier molecular flexibility index (Phi) is 13.8. The van der Waals surface area contributed by atoms with Gasteiger partial charge in [0.05, 0.1) is 0 Å². The average Bonchev–Trinajstić information content (AvgIpc) is 1.36. The predicted molar refractivity (Wildman–Crippen MR) is 28.8 cm³/mol. The molecule has 54 valence electrons. The van der Waals surface area contributed by atoms with Crippen LogP contribution in [0.3, 0.4) is 0 Å². The van der Waals surface area contributed by atoms with E-state index in [1.807, 2.05) is 0 Å². The fourth-order valence-corrected chi connectivity index (χ4v) is 0. The number of halogens is 4. The summed E-state index contributed by atoms with van der Waals surface area (Å²) >= 11 is 0. The van der Waals surface area contributed by atoms with E-state index in [0.29, 0.717) is 0 Å². The third kappa shape index (κ3) is 9.40. The Balaban J connectivity index is -0.000000125. The fourth-order valence-electron chi connectivity index (χ4n) is 0. The van der Waals surface area contributed by atoms with Gasteiger partial charge < -0.3 is 6.15 Å². The second kappa shape index (κ2) is 7.04. The molecule has 0 radical (unpaired) electrons. The van der Waals surface area contributed by atoms with Crippen LogP contribution in [0.4, 0.5) is 13.2 Å². The highest BCUT2D eigenvalue weighted by molar-refractivity contribution is 5.85. The highest BCUT2D eigenvalue weighted by Crippen LogP contribution is 2.01. The predicted octanol–water partition coefficient (Wildman–Crippen LogP) is 2.19. The van der Waals surface area contributed by atoms with E-state index >= 15 is 0 Å². The van der Waals surface area contributed by atoms with E-state index in [9.17, 15) is 13.2 Å². The van der Waals surface area contributed by atoms with E-state index in [-0.39, 0.29) is 18.6 Å². The first-order valence-corrected chi connectivity index (χ1v) is 1.57. The lowest BCUT2D eigenvalue weighted by Gasteiger charge is -1.93. The van der Waals surface area contributed by atoms with Gasteiger partial charge in [-0.25, -0.2) is 13.2 Å². The molecule has 0 fully saturated rings. The van der Waals surface area contributed by atoms with Gasteiger partial charge in [0.25, 0.3) is 6.43 Å². The highest BCUT2D eigenvalue weighted by Gasteiger charge is 2.10. The molecule has 0 saturated heterocycles. The van der Waals surface area contributed by atoms with Crippen LogP contribution >= 0.6 is 12.4 Å². The molecule has 3 N–H and O–H groups in total. The molecule has 0 aromatic heterocycles. The van der Waals surface area contributed by atoms with Crippen LogP contribution in [-0.4, -0.2) is 12.6 Å². The number of hydrogen-bond acceptors (Lipinski definition) is 1. The fraction of sp³-hybridized carbons (Fsp3) is 1.00. The molecule has 0 aliphatic heterocycles. The molecule has 1 atom stereocenters. The van der Waals surface area contributed by atoms with Gasteiger partial charge in [-0.05, 0) is 6.92 Å². The van der Waals surface area contributed by atoms with Crippen molar-refractivity contribution in [2.75, 3.05) is 0 Å². The zero-order valence-corrected chi connectivity index (χ0v) is 5.22.